The summed E-state index contributed by atoms with van der Waals surface area (Å²) in [5.41, 5.74) is 0. The Bertz CT molecular complexity index is 181. The van der Waals surface area contributed by atoms with Gasteiger partial charge in [0.2, 0.25) is 0 Å². The molecule has 0 radical (unpaired) electrons. The first-order valence-electron chi connectivity index (χ1n) is 4.11. The van der Waals surface area contributed by atoms with Crippen LogP contribution in [0.25, 0.3) is 0 Å². The van der Waals surface area contributed by atoms with Crippen molar-refractivity contribution in [1.29, 1.82) is 0 Å². The molecule has 0 aromatic rings. The number of esters is 1. The Hall–Kier alpha value is -0.570. The van der Waals surface area contributed by atoms with E-state index in [-0.39, 0.29) is 11.9 Å². The molecule has 11 heavy (non-hydrogen) atoms. The second-order valence-electron chi connectivity index (χ2n) is 3.45. The van der Waals surface area contributed by atoms with Crippen molar-refractivity contribution < 1.29 is 9.53 Å². The van der Waals surface area contributed by atoms with Crippen molar-refractivity contribution in [3.05, 3.63) is 0 Å². The zero-order valence-corrected chi connectivity index (χ0v) is 6.67. The molecule has 3 heteroatoms. The van der Waals surface area contributed by atoms with Crippen molar-refractivity contribution in [1.82, 2.24) is 5.32 Å². The predicted molar refractivity (Wildman–Crippen MR) is 40.0 cm³/mol. The Morgan fingerprint density at radius 2 is 2.36 bits per heavy atom. The van der Waals surface area contributed by atoms with Crippen molar-refractivity contribution in [2.24, 2.45) is 17.8 Å². The number of methoxy groups -OCH3 is 1. The first-order valence-corrected chi connectivity index (χ1v) is 4.11. The summed E-state index contributed by atoms with van der Waals surface area (Å²) in [4.78, 5) is 11.1. The van der Waals surface area contributed by atoms with Gasteiger partial charge < -0.3 is 10.1 Å². The molecule has 0 unspecified atom stereocenters. The quantitative estimate of drug-likeness (QED) is 0.542. The van der Waals surface area contributed by atoms with Gasteiger partial charge in [-0.2, -0.15) is 0 Å². The fourth-order valence-corrected chi connectivity index (χ4v) is 2.21. The van der Waals surface area contributed by atoms with E-state index in [1.165, 1.54) is 7.11 Å². The van der Waals surface area contributed by atoms with E-state index in [4.69, 9.17) is 4.74 Å². The number of carbonyl (C=O) groups is 1. The van der Waals surface area contributed by atoms with Gasteiger partial charge in [0.25, 0.3) is 0 Å². The van der Waals surface area contributed by atoms with Gasteiger partial charge in [-0.3, -0.25) is 4.79 Å². The van der Waals surface area contributed by atoms with Crippen molar-refractivity contribution in [2.75, 3.05) is 20.2 Å². The topological polar surface area (TPSA) is 38.3 Å². The molecule has 3 nitrogen and oxygen atoms in total. The lowest BCUT2D eigenvalue weighted by atomic mass is 9.67. The molecule has 1 aliphatic carbocycles. The Labute approximate surface area is 66.1 Å². The summed E-state index contributed by atoms with van der Waals surface area (Å²) in [6, 6.07) is 0. The average molecular weight is 155 g/mol. The molecule has 2 rings (SSSR count). The Balaban J connectivity index is 1.94. The number of carbonyl (C=O) groups excluding carboxylic acids is 1. The largest absolute Gasteiger partial charge is 0.469 e. The minimum atomic E-state index is -0.0186. The molecule has 1 aliphatic heterocycles. The maximum Gasteiger partial charge on any atom is 0.309 e. The zero-order valence-electron chi connectivity index (χ0n) is 6.67. The Kier molecular flexibility index (Phi) is 1.60. The third-order valence-corrected chi connectivity index (χ3v) is 2.97. The van der Waals surface area contributed by atoms with E-state index in [2.05, 4.69) is 5.32 Å². The lowest BCUT2D eigenvalue weighted by Gasteiger charge is -2.37. The summed E-state index contributed by atoms with van der Waals surface area (Å²) in [6.07, 6.45) is 1.03. The summed E-state index contributed by atoms with van der Waals surface area (Å²) in [5, 5.41) is 3.29. The molecule has 1 saturated heterocycles. The van der Waals surface area contributed by atoms with E-state index in [0.29, 0.717) is 5.92 Å². The van der Waals surface area contributed by atoms with E-state index >= 15 is 0 Å². The lowest BCUT2D eigenvalue weighted by Crippen LogP contribution is -2.41. The minimum Gasteiger partial charge on any atom is -0.469 e. The molecule has 1 N–H and O–H groups in total. The van der Waals surface area contributed by atoms with Gasteiger partial charge in [0.15, 0.2) is 0 Å². The molecule has 2 fully saturated rings. The van der Waals surface area contributed by atoms with Crippen LogP contribution in [0.1, 0.15) is 6.42 Å². The summed E-state index contributed by atoms with van der Waals surface area (Å²) in [7, 11) is 1.47. The van der Waals surface area contributed by atoms with E-state index < -0.39 is 0 Å². The van der Waals surface area contributed by atoms with Crippen molar-refractivity contribution in [3.8, 4) is 0 Å². The number of nitrogens with one attached hydrogen (secondary N) is 1. The normalized spacial score (nSPS) is 41.0. The minimum absolute atomic E-state index is 0.0186. The third kappa shape index (κ3) is 0.948. The molecule has 1 saturated carbocycles. The molecule has 0 spiro atoms. The smallest absolute Gasteiger partial charge is 0.309 e. The van der Waals surface area contributed by atoms with Gasteiger partial charge in [-0.05, 0) is 31.3 Å². The summed E-state index contributed by atoms with van der Waals surface area (Å²) in [5.74, 6) is 1.50. The Morgan fingerprint density at radius 3 is 3.00 bits per heavy atom. The van der Waals surface area contributed by atoms with Crippen LogP contribution in [-0.2, 0) is 9.53 Å². The second-order valence-corrected chi connectivity index (χ2v) is 3.45. The van der Waals surface area contributed by atoms with Gasteiger partial charge in [-0.15, -0.1) is 0 Å². The molecule has 0 aromatic heterocycles. The number of ether oxygens (including phenoxy) is 1. The average Bonchev–Trinajstić information content (AvgIpc) is 2.32. The van der Waals surface area contributed by atoms with Gasteiger partial charge in [-0.1, -0.05) is 0 Å². The maximum absolute atomic E-state index is 11.1. The molecule has 3 atom stereocenters. The van der Waals surface area contributed by atoms with Crippen LogP contribution in [0.5, 0.6) is 0 Å². The molecule has 0 amide bonds. The number of hydrogen-bond donors (Lipinski definition) is 1. The number of hydrogen-bond acceptors (Lipinski definition) is 3. The summed E-state index contributed by atoms with van der Waals surface area (Å²) in [6.45, 7) is 2.10. The van der Waals surface area contributed by atoms with Gasteiger partial charge in [-0.25, -0.2) is 0 Å². The monoisotopic (exact) mass is 155 g/mol. The fraction of sp³-hybridized carbons (Fsp3) is 0.875. The molecular weight excluding hydrogens is 142 g/mol. The van der Waals surface area contributed by atoms with Crippen LogP contribution in [0.2, 0.25) is 0 Å². The van der Waals surface area contributed by atoms with Crippen LogP contribution in [0.3, 0.4) is 0 Å². The fourth-order valence-electron chi connectivity index (χ4n) is 2.21. The number of rotatable bonds is 1. The maximum atomic E-state index is 11.1. The van der Waals surface area contributed by atoms with E-state index in [9.17, 15) is 4.79 Å². The lowest BCUT2D eigenvalue weighted by molar-refractivity contribution is -0.153. The molecular formula is C8H13NO2. The van der Waals surface area contributed by atoms with Crippen molar-refractivity contribution >= 4 is 5.97 Å². The second kappa shape index (κ2) is 2.48. The Morgan fingerprint density at radius 1 is 1.55 bits per heavy atom. The highest BCUT2D eigenvalue weighted by molar-refractivity contribution is 5.74. The van der Waals surface area contributed by atoms with Crippen molar-refractivity contribution in [3.63, 3.8) is 0 Å². The standard InChI is InChI=1S/C8H13NO2/c1-11-8(10)6-2-5-3-9-4-7(5)6/h5-7,9H,2-4H2,1H3/t5-,6-,7+/m0/s1. The molecule has 0 aromatic carbocycles. The molecule has 62 valence electrons. The van der Waals surface area contributed by atoms with Gasteiger partial charge in [0.05, 0.1) is 13.0 Å². The summed E-state index contributed by atoms with van der Waals surface area (Å²) < 4.78 is 4.70. The first-order chi connectivity index (χ1) is 5.33. The van der Waals surface area contributed by atoms with Gasteiger partial charge >= 0.3 is 5.97 Å². The highest BCUT2D eigenvalue weighted by Gasteiger charge is 2.47. The van der Waals surface area contributed by atoms with Gasteiger partial charge in [0, 0.05) is 0 Å². The van der Waals surface area contributed by atoms with Crippen LogP contribution in [0.4, 0.5) is 0 Å². The highest BCUT2D eigenvalue weighted by Crippen LogP contribution is 2.42. The van der Waals surface area contributed by atoms with E-state index in [1.54, 1.807) is 0 Å². The van der Waals surface area contributed by atoms with Crippen LogP contribution >= 0.6 is 0 Å². The molecule has 1 heterocycles. The first kappa shape index (κ1) is 7.10. The van der Waals surface area contributed by atoms with Gasteiger partial charge in [0.1, 0.15) is 0 Å². The van der Waals surface area contributed by atoms with E-state index in [0.717, 1.165) is 25.4 Å². The predicted octanol–water partition coefficient (Wildman–Crippen LogP) is 0.0149. The summed E-state index contributed by atoms with van der Waals surface area (Å²) >= 11 is 0. The highest BCUT2D eigenvalue weighted by atomic mass is 16.5. The van der Waals surface area contributed by atoms with Crippen LogP contribution in [0.15, 0.2) is 0 Å². The molecule has 2 aliphatic rings. The molecule has 0 bridgehead atoms. The van der Waals surface area contributed by atoms with Crippen LogP contribution in [0, 0.1) is 17.8 Å². The van der Waals surface area contributed by atoms with Crippen LogP contribution < -0.4 is 5.32 Å². The zero-order chi connectivity index (χ0) is 7.84. The van der Waals surface area contributed by atoms with Crippen LogP contribution in [-0.4, -0.2) is 26.2 Å². The third-order valence-electron chi connectivity index (χ3n) is 2.97. The SMILES string of the molecule is COC(=O)[C@H]1C[C@H]2CNC[C@H]21. The van der Waals surface area contributed by atoms with E-state index in [1.807, 2.05) is 0 Å². The number of fused-ring (bicyclic) bond motifs is 1. The van der Waals surface area contributed by atoms with Crippen molar-refractivity contribution in [2.45, 2.75) is 6.42 Å².